The summed E-state index contributed by atoms with van der Waals surface area (Å²) in [5.41, 5.74) is 3.82. The molecular weight excluding hydrogens is 356 g/mol. The molecule has 1 heterocycles. The molecule has 4 nitrogen and oxygen atoms in total. The molecule has 3 atom stereocenters. The van der Waals surface area contributed by atoms with Gasteiger partial charge in [-0.3, -0.25) is 0 Å². The topological polar surface area (TPSA) is 58.6 Å². The Hall–Kier alpha value is -2.53. The number of hydrogen-bond acceptors (Lipinski definition) is 5. The van der Waals surface area contributed by atoms with Crippen LogP contribution >= 0.6 is 11.8 Å². The molecule has 0 unspecified atom stereocenters. The quantitative estimate of drug-likeness (QED) is 0.467. The molecule has 0 saturated heterocycles. The van der Waals surface area contributed by atoms with E-state index in [0.717, 1.165) is 41.1 Å². The zero-order valence-corrected chi connectivity index (χ0v) is 15.6. The molecule has 2 fully saturated rings. The highest BCUT2D eigenvalue weighted by Gasteiger charge is 2.46. The van der Waals surface area contributed by atoms with Crippen LogP contribution < -0.4 is 0 Å². The first-order valence-electron chi connectivity index (χ1n) is 9.33. The Balaban J connectivity index is 1.54. The van der Waals surface area contributed by atoms with Crippen LogP contribution in [0, 0.1) is 11.8 Å². The van der Waals surface area contributed by atoms with Crippen LogP contribution in [-0.2, 0) is 0 Å². The number of hydrogen-bond donors (Lipinski definition) is 1. The molecule has 2 bridgehead atoms. The molecule has 3 aromatic rings. The summed E-state index contributed by atoms with van der Waals surface area (Å²) in [6, 6.07) is 20.2. The van der Waals surface area contributed by atoms with Crippen molar-refractivity contribution >= 4 is 17.5 Å². The monoisotopic (exact) mass is 376 g/mol. The van der Waals surface area contributed by atoms with E-state index < -0.39 is 0 Å². The van der Waals surface area contributed by atoms with Gasteiger partial charge in [-0.25, -0.2) is 4.98 Å². The zero-order chi connectivity index (χ0) is 18.2. The average molecular weight is 376 g/mol. The van der Waals surface area contributed by atoms with Crippen LogP contribution in [0.4, 0.5) is 0 Å². The third kappa shape index (κ3) is 2.96. The van der Waals surface area contributed by atoms with E-state index in [4.69, 9.17) is 9.40 Å². The molecule has 0 radical (unpaired) electrons. The fraction of sp³-hybridized carbons (Fsp3) is 0.273. The van der Waals surface area contributed by atoms with Gasteiger partial charge >= 0.3 is 0 Å². The van der Waals surface area contributed by atoms with Crippen LogP contribution in [0.3, 0.4) is 0 Å². The van der Waals surface area contributed by atoms with Crippen molar-refractivity contribution in [2.75, 3.05) is 0 Å². The molecule has 27 heavy (non-hydrogen) atoms. The third-order valence-electron chi connectivity index (χ3n) is 5.65. The van der Waals surface area contributed by atoms with Gasteiger partial charge in [-0.05, 0) is 25.2 Å². The van der Waals surface area contributed by atoms with E-state index in [1.807, 2.05) is 48.5 Å². The molecule has 2 aliphatic carbocycles. The van der Waals surface area contributed by atoms with Crippen LogP contribution in [-0.4, -0.2) is 21.2 Å². The van der Waals surface area contributed by atoms with Crippen LogP contribution in [0.5, 0.6) is 0 Å². The Bertz CT molecular complexity index is 911. The number of oxazole rings is 1. The van der Waals surface area contributed by atoms with E-state index in [1.54, 1.807) is 11.8 Å². The minimum Gasteiger partial charge on any atom is -0.431 e. The highest BCUT2D eigenvalue weighted by atomic mass is 32.2. The first kappa shape index (κ1) is 16.6. The fourth-order valence-corrected chi connectivity index (χ4v) is 5.66. The van der Waals surface area contributed by atoms with Crippen molar-refractivity contribution < 1.29 is 9.62 Å². The van der Waals surface area contributed by atoms with Gasteiger partial charge in [-0.2, -0.15) is 0 Å². The summed E-state index contributed by atoms with van der Waals surface area (Å²) < 4.78 is 6.23. The van der Waals surface area contributed by atoms with E-state index in [2.05, 4.69) is 17.3 Å². The molecule has 0 amide bonds. The third-order valence-corrected chi connectivity index (χ3v) is 6.90. The van der Waals surface area contributed by atoms with E-state index in [1.165, 1.54) is 6.42 Å². The van der Waals surface area contributed by atoms with Gasteiger partial charge in [0.2, 0.25) is 0 Å². The van der Waals surface area contributed by atoms with Crippen molar-refractivity contribution in [1.29, 1.82) is 0 Å². The molecule has 0 spiro atoms. The lowest BCUT2D eigenvalue weighted by Crippen LogP contribution is -2.24. The second kappa shape index (κ2) is 6.89. The van der Waals surface area contributed by atoms with Gasteiger partial charge in [0.25, 0.3) is 5.22 Å². The summed E-state index contributed by atoms with van der Waals surface area (Å²) in [5, 5.41) is 13.9. The molecular formula is C22H20N2O2S. The standard InChI is InChI=1S/C22H20N2O2S/c25-24-19-16-11-12-17(13-16)21(19)27-22-23-18(14-7-3-1-4-8-14)20(26-22)15-9-5-2-6-10-15/h1-10,16-17,21,25H,11-13H2/b24-19+/t16-,17-,21+/m0/s1. The Morgan fingerprint density at radius 1 is 0.963 bits per heavy atom. The van der Waals surface area contributed by atoms with Crippen LogP contribution in [0.25, 0.3) is 22.6 Å². The smallest absolute Gasteiger partial charge is 0.257 e. The molecule has 1 N–H and O–H groups in total. The second-order valence-corrected chi connectivity index (χ2v) is 8.32. The molecule has 0 aliphatic heterocycles. The van der Waals surface area contributed by atoms with E-state index in [0.29, 0.717) is 17.1 Å². The summed E-state index contributed by atoms with van der Waals surface area (Å²) in [6.45, 7) is 0. The first-order chi connectivity index (χ1) is 13.3. The summed E-state index contributed by atoms with van der Waals surface area (Å²) in [6.07, 6.45) is 3.45. The predicted molar refractivity (Wildman–Crippen MR) is 107 cm³/mol. The fourth-order valence-electron chi connectivity index (χ4n) is 4.37. The molecule has 1 aromatic heterocycles. The maximum Gasteiger partial charge on any atom is 0.257 e. The summed E-state index contributed by atoms with van der Waals surface area (Å²) in [5.74, 6) is 1.77. The lowest BCUT2D eigenvalue weighted by atomic mass is 9.98. The van der Waals surface area contributed by atoms with Crippen LogP contribution in [0.2, 0.25) is 0 Å². The number of aromatic nitrogens is 1. The number of fused-ring (bicyclic) bond motifs is 2. The van der Waals surface area contributed by atoms with Crippen molar-refractivity contribution in [3.05, 3.63) is 60.7 Å². The van der Waals surface area contributed by atoms with Gasteiger partial charge in [0.1, 0.15) is 5.69 Å². The van der Waals surface area contributed by atoms with Gasteiger partial charge in [0, 0.05) is 17.0 Å². The number of nitrogens with zero attached hydrogens (tertiary/aromatic N) is 2. The number of oxime groups is 1. The van der Waals surface area contributed by atoms with Gasteiger partial charge in [0.15, 0.2) is 5.76 Å². The predicted octanol–water partition coefficient (Wildman–Crippen LogP) is 5.73. The van der Waals surface area contributed by atoms with Gasteiger partial charge in [0.05, 0.1) is 11.0 Å². The Morgan fingerprint density at radius 2 is 1.67 bits per heavy atom. The summed E-state index contributed by atoms with van der Waals surface area (Å²) in [4.78, 5) is 4.83. The highest BCUT2D eigenvalue weighted by Crippen LogP contribution is 2.50. The average Bonchev–Trinajstić information content (AvgIpc) is 3.44. The van der Waals surface area contributed by atoms with Crippen molar-refractivity contribution in [2.24, 2.45) is 17.0 Å². The summed E-state index contributed by atoms with van der Waals surface area (Å²) in [7, 11) is 0. The molecule has 2 aromatic carbocycles. The van der Waals surface area contributed by atoms with Crippen LogP contribution in [0.15, 0.2) is 75.5 Å². The van der Waals surface area contributed by atoms with Crippen molar-refractivity contribution in [2.45, 2.75) is 29.7 Å². The maximum atomic E-state index is 9.48. The Morgan fingerprint density at radius 3 is 2.37 bits per heavy atom. The van der Waals surface area contributed by atoms with Crippen molar-refractivity contribution in [3.8, 4) is 22.6 Å². The van der Waals surface area contributed by atoms with Crippen molar-refractivity contribution in [1.82, 2.24) is 4.98 Å². The normalized spacial score (nSPS) is 25.3. The number of thioether (sulfide) groups is 1. The molecule has 136 valence electrons. The molecule has 5 heteroatoms. The lowest BCUT2D eigenvalue weighted by Gasteiger charge is -2.20. The number of rotatable bonds is 4. The van der Waals surface area contributed by atoms with E-state index in [-0.39, 0.29) is 5.25 Å². The Labute approximate surface area is 162 Å². The van der Waals surface area contributed by atoms with E-state index in [9.17, 15) is 5.21 Å². The SMILES string of the molecule is O/N=C1\[C@H]2CC[C@@H](C2)[C@H]1Sc1nc(-c2ccccc2)c(-c2ccccc2)o1. The number of benzene rings is 2. The second-order valence-electron chi connectivity index (χ2n) is 7.22. The Kier molecular flexibility index (Phi) is 4.24. The van der Waals surface area contributed by atoms with Gasteiger partial charge in [-0.1, -0.05) is 77.6 Å². The molecule has 2 saturated carbocycles. The summed E-state index contributed by atoms with van der Waals surface area (Å²) >= 11 is 1.60. The zero-order valence-electron chi connectivity index (χ0n) is 14.8. The van der Waals surface area contributed by atoms with Crippen molar-refractivity contribution in [3.63, 3.8) is 0 Å². The van der Waals surface area contributed by atoms with Crippen LogP contribution in [0.1, 0.15) is 19.3 Å². The largest absolute Gasteiger partial charge is 0.431 e. The maximum absolute atomic E-state index is 9.48. The lowest BCUT2D eigenvalue weighted by molar-refractivity contribution is 0.313. The minimum absolute atomic E-state index is 0.166. The molecule has 5 rings (SSSR count). The van der Waals surface area contributed by atoms with Gasteiger partial charge < -0.3 is 9.62 Å². The highest BCUT2D eigenvalue weighted by molar-refractivity contribution is 8.00. The van der Waals surface area contributed by atoms with E-state index >= 15 is 0 Å². The van der Waals surface area contributed by atoms with Gasteiger partial charge in [-0.15, -0.1) is 0 Å². The molecule has 2 aliphatic rings. The minimum atomic E-state index is 0.166. The first-order valence-corrected chi connectivity index (χ1v) is 10.2.